The largest absolute Gasteiger partial charge is 0.487 e. The number of benzene rings is 2. The van der Waals surface area contributed by atoms with E-state index in [1.165, 1.54) is 12.1 Å². The summed E-state index contributed by atoms with van der Waals surface area (Å²) in [7, 11) is 0. The highest BCUT2D eigenvalue weighted by Crippen LogP contribution is 2.45. The van der Waals surface area contributed by atoms with Crippen molar-refractivity contribution in [2.75, 3.05) is 0 Å². The van der Waals surface area contributed by atoms with Gasteiger partial charge in [0, 0.05) is 0 Å². The number of halogens is 9. The lowest BCUT2D eigenvalue weighted by Gasteiger charge is -2.27. The Morgan fingerprint density at radius 3 is 2.33 bits per heavy atom. The van der Waals surface area contributed by atoms with Crippen molar-refractivity contribution >= 4 is 44.7 Å². The summed E-state index contributed by atoms with van der Waals surface area (Å²) in [4.78, 5) is 0. The fourth-order valence-corrected chi connectivity index (χ4v) is 3.95. The number of nitrogens with one attached hydrogen (secondary N) is 1. The zero-order valence-electron chi connectivity index (χ0n) is 15.0. The Labute approximate surface area is 188 Å². The molecule has 0 amide bonds. The van der Waals surface area contributed by atoms with Crippen LogP contribution in [-0.2, 0) is 6.61 Å². The van der Waals surface area contributed by atoms with Gasteiger partial charge in [0.15, 0.2) is 0 Å². The Morgan fingerprint density at radius 1 is 1.10 bits per heavy atom. The molecule has 0 heterocycles. The summed E-state index contributed by atoms with van der Waals surface area (Å²) in [6, 6.07) is 4.81. The Hall–Kier alpha value is -1.57. The Morgan fingerprint density at radius 2 is 1.77 bits per heavy atom. The maximum Gasteiger partial charge on any atom is 0.462 e. The van der Waals surface area contributed by atoms with Crippen LogP contribution in [0.2, 0.25) is 0 Å². The molecule has 30 heavy (non-hydrogen) atoms. The predicted molar refractivity (Wildman–Crippen MR) is 109 cm³/mol. The number of hydrogen-bond acceptors (Lipinski definition) is 3. The van der Waals surface area contributed by atoms with Gasteiger partial charge in [0.1, 0.15) is 12.4 Å². The molecular weight excluding hydrogens is 600 g/mol. The molecule has 1 N–H and O–H groups in total. The highest BCUT2D eigenvalue weighted by Gasteiger charge is 2.73. The Bertz CT molecular complexity index is 912. The van der Waals surface area contributed by atoms with Crippen LogP contribution in [0.1, 0.15) is 16.7 Å². The van der Waals surface area contributed by atoms with Crippen molar-refractivity contribution in [1.82, 2.24) is 5.43 Å². The molecule has 0 radical (unpaired) electrons. The van der Waals surface area contributed by atoms with Crippen LogP contribution in [0.4, 0.5) is 30.7 Å². The van der Waals surface area contributed by atoms with Crippen molar-refractivity contribution in [3.63, 3.8) is 0 Å². The molecule has 0 spiro atoms. The minimum absolute atomic E-state index is 0.160. The Balaban J connectivity index is 2.11. The van der Waals surface area contributed by atoms with Crippen LogP contribution in [0.15, 0.2) is 46.0 Å². The van der Waals surface area contributed by atoms with Gasteiger partial charge in [-0.05, 0) is 68.7 Å². The fraction of sp³-hybridized carbons (Fsp3) is 0.278. The molecule has 0 aromatic heterocycles. The number of alkyl halides is 7. The van der Waals surface area contributed by atoms with Crippen LogP contribution < -0.4 is 10.2 Å². The second kappa shape index (κ2) is 9.28. The highest BCUT2D eigenvalue weighted by molar-refractivity contribution is 14.1. The fourth-order valence-electron chi connectivity index (χ4n) is 2.19. The van der Waals surface area contributed by atoms with Gasteiger partial charge in [0.25, 0.3) is 0 Å². The third kappa shape index (κ3) is 5.77. The maximum absolute atomic E-state index is 13.2. The first-order chi connectivity index (χ1) is 13.7. The SMILES string of the molecule is Cc1cccc(COc2c(Br)cc(/C=N/NC(F)(F)C(F)(F)C(F)(F)F)cc2I)c1. The van der Waals surface area contributed by atoms with Gasteiger partial charge < -0.3 is 4.74 Å². The summed E-state index contributed by atoms with van der Waals surface area (Å²) in [5.74, 6) is -5.85. The number of ether oxygens (including phenoxy) is 1. The summed E-state index contributed by atoms with van der Waals surface area (Å²) in [5.41, 5.74) is 2.71. The average molecular weight is 613 g/mol. The topological polar surface area (TPSA) is 33.6 Å². The molecule has 0 atom stereocenters. The first-order valence-corrected chi connectivity index (χ1v) is 9.92. The normalized spacial score (nSPS) is 13.0. The number of aryl methyl sites for hydroxylation is 1. The molecule has 0 bridgehead atoms. The predicted octanol–water partition coefficient (Wildman–Crippen LogP) is 6.66. The smallest absolute Gasteiger partial charge is 0.462 e. The molecule has 0 aliphatic carbocycles. The van der Waals surface area contributed by atoms with Crippen LogP contribution in [0, 0.1) is 10.5 Å². The van der Waals surface area contributed by atoms with Crippen molar-refractivity contribution in [3.8, 4) is 5.75 Å². The molecule has 0 saturated heterocycles. The lowest BCUT2D eigenvalue weighted by Crippen LogP contribution is -2.58. The van der Waals surface area contributed by atoms with Gasteiger partial charge in [0.2, 0.25) is 0 Å². The molecule has 2 aromatic carbocycles. The molecule has 2 rings (SSSR count). The van der Waals surface area contributed by atoms with Crippen molar-refractivity contribution in [2.45, 2.75) is 31.7 Å². The van der Waals surface area contributed by atoms with Crippen LogP contribution in [0.5, 0.6) is 5.75 Å². The molecule has 164 valence electrons. The van der Waals surface area contributed by atoms with Gasteiger partial charge in [-0.25, -0.2) is 5.43 Å². The zero-order valence-corrected chi connectivity index (χ0v) is 18.7. The van der Waals surface area contributed by atoms with Crippen molar-refractivity contribution in [1.29, 1.82) is 0 Å². The number of rotatable bonds is 7. The van der Waals surface area contributed by atoms with Gasteiger partial charge in [-0.1, -0.05) is 29.8 Å². The molecule has 0 unspecified atom stereocenters. The van der Waals surface area contributed by atoms with Crippen LogP contribution in [0.3, 0.4) is 0 Å². The van der Waals surface area contributed by atoms with Crippen LogP contribution >= 0.6 is 38.5 Å². The average Bonchev–Trinajstić information content (AvgIpc) is 2.60. The third-order valence-electron chi connectivity index (χ3n) is 3.66. The molecule has 2 aromatic rings. The van der Waals surface area contributed by atoms with E-state index in [1.807, 2.05) is 53.8 Å². The van der Waals surface area contributed by atoms with E-state index < -0.39 is 18.1 Å². The van der Waals surface area contributed by atoms with Gasteiger partial charge in [0.05, 0.1) is 14.3 Å². The van der Waals surface area contributed by atoms with E-state index in [9.17, 15) is 30.7 Å². The summed E-state index contributed by atoms with van der Waals surface area (Å²) < 4.78 is 95.0. The van der Waals surface area contributed by atoms with Gasteiger partial charge in [-0.15, -0.1) is 0 Å². The van der Waals surface area contributed by atoms with Crippen molar-refractivity contribution in [2.24, 2.45) is 5.10 Å². The van der Waals surface area contributed by atoms with E-state index in [2.05, 4.69) is 21.0 Å². The standard InChI is InChI=1S/C18H13BrF7IN2O/c1-10-3-2-4-11(5-10)9-30-15-13(19)6-12(7-14(15)27)8-28-29-18(25,26)16(20,21)17(22,23)24/h2-8,29H,9H2,1H3/b28-8+. The molecule has 3 nitrogen and oxygen atoms in total. The Kier molecular flexibility index (Phi) is 7.64. The molecule has 0 aliphatic heterocycles. The molecule has 0 aliphatic rings. The lowest BCUT2D eigenvalue weighted by atomic mass is 10.1. The van der Waals surface area contributed by atoms with Gasteiger partial charge in [-0.3, -0.25) is 0 Å². The summed E-state index contributed by atoms with van der Waals surface area (Å²) in [5, 5.41) is 2.84. The molecule has 12 heteroatoms. The number of hydrazone groups is 1. The van der Waals surface area contributed by atoms with E-state index >= 15 is 0 Å². The number of hydrogen-bond donors (Lipinski definition) is 1. The van der Waals surface area contributed by atoms with Crippen molar-refractivity contribution in [3.05, 3.63) is 61.1 Å². The summed E-state index contributed by atoms with van der Waals surface area (Å²) in [6.07, 6.45) is -5.74. The third-order valence-corrected chi connectivity index (χ3v) is 5.05. The molecule has 0 saturated carbocycles. The highest BCUT2D eigenvalue weighted by atomic mass is 127. The first-order valence-electron chi connectivity index (χ1n) is 8.04. The van der Waals surface area contributed by atoms with Gasteiger partial charge >= 0.3 is 18.1 Å². The van der Waals surface area contributed by atoms with E-state index in [-0.39, 0.29) is 12.2 Å². The zero-order chi connectivity index (χ0) is 22.7. The second-order valence-corrected chi connectivity index (χ2v) is 8.12. The van der Waals surface area contributed by atoms with Crippen LogP contribution in [-0.4, -0.2) is 24.4 Å². The van der Waals surface area contributed by atoms with Crippen LogP contribution in [0.25, 0.3) is 0 Å². The summed E-state index contributed by atoms with van der Waals surface area (Å²) >= 11 is 5.14. The maximum atomic E-state index is 13.2. The second-order valence-electron chi connectivity index (χ2n) is 6.11. The van der Waals surface area contributed by atoms with E-state index in [4.69, 9.17) is 4.74 Å². The summed E-state index contributed by atoms with van der Waals surface area (Å²) in [6.45, 7) is 2.18. The lowest BCUT2D eigenvalue weighted by molar-refractivity contribution is -0.361. The van der Waals surface area contributed by atoms with E-state index in [0.29, 0.717) is 25.4 Å². The van der Waals surface area contributed by atoms with E-state index in [1.54, 1.807) is 0 Å². The van der Waals surface area contributed by atoms with E-state index in [0.717, 1.165) is 11.1 Å². The number of nitrogens with zero attached hydrogens (tertiary/aromatic N) is 1. The van der Waals surface area contributed by atoms with Crippen molar-refractivity contribution < 1.29 is 35.5 Å². The minimum atomic E-state index is -6.44. The quantitative estimate of drug-likeness (QED) is 0.125. The minimum Gasteiger partial charge on any atom is -0.487 e. The molecular formula is C18H13BrF7IN2O. The first kappa shape index (κ1) is 24.7. The van der Waals surface area contributed by atoms with Gasteiger partial charge in [-0.2, -0.15) is 35.8 Å². The monoisotopic (exact) mass is 612 g/mol. The molecule has 0 fully saturated rings.